The van der Waals surface area contributed by atoms with Gasteiger partial charge >= 0.3 is 5.97 Å². The van der Waals surface area contributed by atoms with Crippen molar-refractivity contribution in [3.63, 3.8) is 0 Å². The Labute approximate surface area is 134 Å². The van der Waals surface area contributed by atoms with Gasteiger partial charge in [0.15, 0.2) is 0 Å². The van der Waals surface area contributed by atoms with E-state index in [0.717, 1.165) is 29.6 Å². The highest BCUT2D eigenvalue weighted by molar-refractivity contribution is 7.13. The normalized spacial score (nSPS) is 27.9. The van der Waals surface area contributed by atoms with Crippen LogP contribution in [0.25, 0.3) is 0 Å². The van der Waals surface area contributed by atoms with E-state index in [0.29, 0.717) is 11.4 Å². The van der Waals surface area contributed by atoms with Crippen molar-refractivity contribution in [2.24, 2.45) is 17.8 Å². The number of hydrogen-bond donors (Lipinski definition) is 2. The minimum Gasteiger partial charge on any atom is -0.477 e. The summed E-state index contributed by atoms with van der Waals surface area (Å²) in [5.41, 5.74) is 0. The smallest absolute Gasteiger partial charge is 0.345 e. The molecule has 0 spiro atoms. The van der Waals surface area contributed by atoms with E-state index in [1.165, 1.54) is 43.4 Å². The van der Waals surface area contributed by atoms with Gasteiger partial charge in [0.2, 0.25) is 5.91 Å². The number of carboxylic acid groups (broad SMARTS) is 1. The van der Waals surface area contributed by atoms with Gasteiger partial charge in [0.05, 0.1) is 6.54 Å². The summed E-state index contributed by atoms with van der Waals surface area (Å²) in [6.07, 6.45) is 8.59. The minimum absolute atomic E-state index is 0.147. The average Bonchev–Trinajstić information content (AvgIpc) is 3.01. The second kappa shape index (κ2) is 6.82. The summed E-state index contributed by atoms with van der Waals surface area (Å²) in [7, 11) is 0. The SMILES string of the molecule is O=C(O)c1ccc(CNC(=O)C2CCC3CCCCC3C2)s1. The zero-order valence-electron chi connectivity index (χ0n) is 12.7. The molecule has 1 heterocycles. The molecule has 2 saturated carbocycles. The van der Waals surface area contributed by atoms with Crippen LogP contribution in [0.5, 0.6) is 0 Å². The van der Waals surface area contributed by atoms with Gasteiger partial charge in [0.25, 0.3) is 0 Å². The van der Waals surface area contributed by atoms with E-state index in [4.69, 9.17) is 5.11 Å². The number of carbonyl (C=O) groups excluding carboxylic acids is 1. The molecule has 3 rings (SSSR count). The topological polar surface area (TPSA) is 66.4 Å². The van der Waals surface area contributed by atoms with E-state index in [1.54, 1.807) is 12.1 Å². The molecule has 5 heteroatoms. The van der Waals surface area contributed by atoms with Crippen LogP contribution in [0.15, 0.2) is 12.1 Å². The summed E-state index contributed by atoms with van der Waals surface area (Å²) in [6, 6.07) is 3.38. The monoisotopic (exact) mass is 321 g/mol. The quantitative estimate of drug-likeness (QED) is 0.889. The van der Waals surface area contributed by atoms with Gasteiger partial charge in [-0.3, -0.25) is 4.79 Å². The molecule has 22 heavy (non-hydrogen) atoms. The summed E-state index contributed by atoms with van der Waals surface area (Å²) in [5.74, 6) is 0.998. The fourth-order valence-corrected chi connectivity index (χ4v) is 4.80. The van der Waals surface area contributed by atoms with Gasteiger partial charge in [0, 0.05) is 10.8 Å². The highest BCUT2D eigenvalue weighted by atomic mass is 32.1. The zero-order valence-corrected chi connectivity index (χ0v) is 13.5. The molecule has 0 saturated heterocycles. The number of hydrogen-bond acceptors (Lipinski definition) is 3. The first-order chi connectivity index (χ1) is 10.6. The molecule has 0 aromatic carbocycles. The number of nitrogens with one attached hydrogen (secondary N) is 1. The Hall–Kier alpha value is -1.36. The van der Waals surface area contributed by atoms with Crippen LogP contribution in [0, 0.1) is 17.8 Å². The molecular formula is C17H23NO3S. The Kier molecular flexibility index (Phi) is 4.81. The summed E-state index contributed by atoms with van der Waals surface area (Å²) in [4.78, 5) is 24.4. The second-order valence-corrected chi connectivity index (χ2v) is 7.77. The maximum absolute atomic E-state index is 12.4. The molecule has 2 aliphatic carbocycles. The van der Waals surface area contributed by atoms with E-state index in [2.05, 4.69) is 5.32 Å². The molecule has 0 radical (unpaired) electrons. The van der Waals surface area contributed by atoms with Crippen molar-refractivity contribution in [3.8, 4) is 0 Å². The molecule has 3 unspecified atom stereocenters. The lowest BCUT2D eigenvalue weighted by Crippen LogP contribution is -2.36. The highest BCUT2D eigenvalue weighted by Crippen LogP contribution is 2.42. The third-order valence-corrected chi connectivity index (χ3v) is 6.29. The molecule has 2 fully saturated rings. The number of rotatable bonds is 4. The Morgan fingerprint density at radius 3 is 2.64 bits per heavy atom. The Morgan fingerprint density at radius 1 is 1.14 bits per heavy atom. The van der Waals surface area contributed by atoms with Crippen LogP contribution in [0.3, 0.4) is 0 Å². The molecule has 0 aliphatic heterocycles. The van der Waals surface area contributed by atoms with Gasteiger partial charge in [-0.1, -0.05) is 25.7 Å². The van der Waals surface area contributed by atoms with E-state index >= 15 is 0 Å². The van der Waals surface area contributed by atoms with Crippen LogP contribution in [-0.2, 0) is 11.3 Å². The predicted octanol–water partition coefficient (Wildman–Crippen LogP) is 3.67. The molecule has 1 aromatic heterocycles. The van der Waals surface area contributed by atoms with Gasteiger partial charge in [-0.2, -0.15) is 0 Å². The van der Waals surface area contributed by atoms with Gasteiger partial charge < -0.3 is 10.4 Å². The van der Waals surface area contributed by atoms with Crippen LogP contribution >= 0.6 is 11.3 Å². The van der Waals surface area contributed by atoms with Crippen molar-refractivity contribution in [1.82, 2.24) is 5.32 Å². The summed E-state index contributed by atoms with van der Waals surface area (Å²) in [5, 5.41) is 11.9. The van der Waals surface area contributed by atoms with Gasteiger partial charge in [0.1, 0.15) is 4.88 Å². The standard InChI is InChI=1S/C17H23NO3S/c19-16(18-10-14-7-8-15(22-14)17(20)21)13-6-5-11-3-1-2-4-12(11)9-13/h7-8,11-13H,1-6,9-10H2,(H,18,19)(H,20,21). The third kappa shape index (κ3) is 3.51. The van der Waals surface area contributed by atoms with Crippen molar-refractivity contribution < 1.29 is 14.7 Å². The van der Waals surface area contributed by atoms with Gasteiger partial charge in [-0.05, 0) is 43.2 Å². The third-order valence-electron chi connectivity index (χ3n) is 5.22. The summed E-state index contributed by atoms with van der Waals surface area (Å²) >= 11 is 1.23. The average molecular weight is 321 g/mol. The first kappa shape index (κ1) is 15.5. The summed E-state index contributed by atoms with van der Waals surface area (Å²) < 4.78 is 0. The molecular weight excluding hydrogens is 298 g/mol. The summed E-state index contributed by atoms with van der Waals surface area (Å²) in [6.45, 7) is 0.446. The van der Waals surface area contributed by atoms with E-state index in [1.807, 2.05) is 0 Å². The number of thiophene rings is 1. The number of carbonyl (C=O) groups is 2. The lowest BCUT2D eigenvalue weighted by Gasteiger charge is -2.38. The zero-order chi connectivity index (χ0) is 15.5. The molecule has 3 atom stereocenters. The van der Waals surface area contributed by atoms with Gasteiger partial charge in [-0.25, -0.2) is 4.79 Å². The number of aromatic carboxylic acids is 1. The lowest BCUT2D eigenvalue weighted by atomic mass is 9.67. The maximum Gasteiger partial charge on any atom is 0.345 e. The Bertz CT molecular complexity index is 554. The first-order valence-electron chi connectivity index (χ1n) is 8.23. The maximum atomic E-state index is 12.4. The number of carboxylic acids is 1. The van der Waals surface area contributed by atoms with Crippen LogP contribution < -0.4 is 5.32 Å². The van der Waals surface area contributed by atoms with Crippen molar-refractivity contribution in [2.45, 2.75) is 51.5 Å². The largest absolute Gasteiger partial charge is 0.477 e. The van der Waals surface area contributed by atoms with E-state index in [-0.39, 0.29) is 11.8 Å². The Morgan fingerprint density at radius 2 is 1.91 bits per heavy atom. The number of fused-ring (bicyclic) bond motifs is 1. The van der Waals surface area contributed by atoms with Gasteiger partial charge in [-0.15, -0.1) is 11.3 Å². The van der Waals surface area contributed by atoms with E-state index < -0.39 is 5.97 Å². The second-order valence-electron chi connectivity index (χ2n) is 6.60. The van der Waals surface area contributed by atoms with Crippen LogP contribution in [0.4, 0.5) is 0 Å². The van der Waals surface area contributed by atoms with Crippen molar-refractivity contribution in [2.75, 3.05) is 0 Å². The van der Waals surface area contributed by atoms with Crippen LogP contribution in [0.2, 0.25) is 0 Å². The molecule has 2 N–H and O–H groups in total. The molecule has 1 amide bonds. The van der Waals surface area contributed by atoms with Crippen molar-refractivity contribution in [3.05, 3.63) is 21.9 Å². The molecule has 2 aliphatic rings. The van der Waals surface area contributed by atoms with Crippen LogP contribution in [-0.4, -0.2) is 17.0 Å². The molecule has 4 nitrogen and oxygen atoms in total. The van der Waals surface area contributed by atoms with Crippen molar-refractivity contribution in [1.29, 1.82) is 0 Å². The van der Waals surface area contributed by atoms with Crippen molar-refractivity contribution >= 4 is 23.2 Å². The predicted molar refractivity (Wildman–Crippen MR) is 85.9 cm³/mol. The van der Waals surface area contributed by atoms with E-state index in [9.17, 15) is 9.59 Å². The fraction of sp³-hybridized carbons (Fsp3) is 0.647. The fourth-order valence-electron chi connectivity index (χ4n) is 4.02. The lowest BCUT2D eigenvalue weighted by molar-refractivity contribution is -0.127. The molecule has 1 aromatic rings. The Balaban J connectivity index is 1.50. The van der Waals surface area contributed by atoms with Crippen LogP contribution in [0.1, 0.15) is 59.5 Å². The number of amides is 1. The minimum atomic E-state index is -0.904. The highest BCUT2D eigenvalue weighted by Gasteiger charge is 2.34. The first-order valence-corrected chi connectivity index (χ1v) is 9.05. The molecule has 120 valence electrons. The molecule has 0 bridgehead atoms.